The molecule has 4 heteroatoms. The third-order valence-electron chi connectivity index (χ3n) is 4.13. The number of benzene rings is 2. The molecule has 0 saturated carbocycles. The van der Waals surface area contributed by atoms with Gasteiger partial charge in [0, 0.05) is 17.8 Å². The molecule has 0 unspecified atom stereocenters. The molecule has 1 amide bonds. The molecule has 0 bridgehead atoms. The second-order valence-corrected chi connectivity index (χ2v) is 6.20. The van der Waals surface area contributed by atoms with E-state index < -0.39 is 0 Å². The van der Waals surface area contributed by atoms with Crippen molar-refractivity contribution in [3.05, 3.63) is 65.2 Å². The summed E-state index contributed by atoms with van der Waals surface area (Å²) in [5.41, 5.74) is 3.62. The molecular formula is C20H24N2O2. The number of rotatable bonds is 6. The van der Waals surface area contributed by atoms with Crippen LogP contribution in [-0.4, -0.2) is 29.7 Å². The van der Waals surface area contributed by atoms with E-state index in [9.17, 15) is 9.59 Å². The van der Waals surface area contributed by atoms with Crippen LogP contribution in [0.2, 0.25) is 0 Å². The number of nitrogens with one attached hydrogen (secondary N) is 1. The zero-order valence-corrected chi connectivity index (χ0v) is 14.7. The van der Waals surface area contributed by atoms with Crippen LogP contribution < -0.4 is 5.32 Å². The van der Waals surface area contributed by atoms with Gasteiger partial charge in [-0.1, -0.05) is 42.0 Å². The van der Waals surface area contributed by atoms with Gasteiger partial charge in [0.2, 0.25) is 5.91 Å². The number of hydrogen-bond donors (Lipinski definition) is 1. The van der Waals surface area contributed by atoms with Gasteiger partial charge < -0.3 is 5.32 Å². The SMILES string of the molecule is CC(=O)c1cccc(NC(=O)[C@@H](C)N(C)Cc2ccc(C)cc2)c1. The summed E-state index contributed by atoms with van der Waals surface area (Å²) in [5, 5.41) is 2.88. The highest BCUT2D eigenvalue weighted by Gasteiger charge is 2.18. The largest absolute Gasteiger partial charge is 0.325 e. The number of likely N-dealkylation sites (N-methyl/N-ethyl adjacent to an activating group) is 1. The van der Waals surface area contributed by atoms with E-state index in [1.165, 1.54) is 18.1 Å². The first-order chi connectivity index (χ1) is 11.4. The van der Waals surface area contributed by atoms with Gasteiger partial charge in [-0.05, 0) is 45.5 Å². The summed E-state index contributed by atoms with van der Waals surface area (Å²) in [7, 11) is 1.93. The second-order valence-electron chi connectivity index (χ2n) is 6.20. The van der Waals surface area contributed by atoms with Crippen molar-refractivity contribution in [2.75, 3.05) is 12.4 Å². The minimum atomic E-state index is -0.285. The molecule has 0 aliphatic carbocycles. The molecule has 126 valence electrons. The van der Waals surface area contributed by atoms with Crippen molar-refractivity contribution in [3.63, 3.8) is 0 Å². The fourth-order valence-electron chi connectivity index (χ4n) is 2.38. The lowest BCUT2D eigenvalue weighted by atomic mass is 10.1. The van der Waals surface area contributed by atoms with Crippen LogP contribution in [0.1, 0.15) is 35.3 Å². The molecule has 0 heterocycles. The zero-order valence-electron chi connectivity index (χ0n) is 14.7. The normalized spacial score (nSPS) is 12.0. The Kier molecular flexibility index (Phi) is 5.88. The van der Waals surface area contributed by atoms with E-state index in [0.717, 1.165) is 0 Å². The number of carbonyl (C=O) groups is 2. The first-order valence-electron chi connectivity index (χ1n) is 8.04. The van der Waals surface area contributed by atoms with E-state index in [0.29, 0.717) is 17.8 Å². The van der Waals surface area contributed by atoms with E-state index in [-0.39, 0.29) is 17.7 Å². The van der Waals surface area contributed by atoms with Crippen LogP contribution in [0, 0.1) is 6.92 Å². The highest BCUT2D eigenvalue weighted by molar-refractivity contribution is 5.98. The Bertz CT molecular complexity index is 723. The summed E-state index contributed by atoms with van der Waals surface area (Å²) >= 11 is 0. The van der Waals surface area contributed by atoms with Crippen LogP contribution in [-0.2, 0) is 11.3 Å². The smallest absolute Gasteiger partial charge is 0.241 e. The maximum Gasteiger partial charge on any atom is 0.241 e. The standard InChI is InChI=1S/C20H24N2O2/c1-14-8-10-17(11-9-14)13-22(4)15(2)20(24)21-19-7-5-6-18(12-19)16(3)23/h5-12,15H,13H2,1-4H3,(H,21,24)/t15-/m1/s1. The van der Waals surface area contributed by atoms with Crippen LogP contribution in [0.3, 0.4) is 0 Å². The van der Waals surface area contributed by atoms with Crippen molar-refractivity contribution in [2.24, 2.45) is 0 Å². The second kappa shape index (κ2) is 7.88. The molecule has 1 atom stereocenters. The molecule has 0 spiro atoms. The maximum atomic E-state index is 12.4. The number of anilines is 1. The monoisotopic (exact) mass is 324 g/mol. The minimum Gasteiger partial charge on any atom is -0.325 e. The van der Waals surface area contributed by atoms with Crippen molar-refractivity contribution in [2.45, 2.75) is 33.4 Å². The van der Waals surface area contributed by atoms with Gasteiger partial charge in [-0.25, -0.2) is 0 Å². The van der Waals surface area contributed by atoms with Crippen LogP contribution >= 0.6 is 0 Å². The molecule has 0 radical (unpaired) electrons. The predicted molar refractivity (Wildman–Crippen MR) is 97.2 cm³/mol. The highest BCUT2D eigenvalue weighted by Crippen LogP contribution is 2.13. The lowest BCUT2D eigenvalue weighted by Gasteiger charge is -2.24. The van der Waals surface area contributed by atoms with Crippen molar-refractivity contribution in [1.82, 2.24) is 4.90 Å². The highest BCUT2D eigenvalue weighted by atomic mass is 16.2. The Labute approximate surface area is 143 Å². The maximum absolute atomic E-state index is 12.4. The Morgan fingerprint density at radius 1 is 1.12 bits per heavy atom. The van der Waals surface area contributed by atoms with Crippen LogP contribution in [0.4, 0.5) is 5.69 Å². The fraction of sp³-hybridized carbons (Fsp3) is 0.300. The molecular weight excluding hydrogens is 300 g/mol. The topological polar surface area (TPSA) is 49.4 Å². The zero-order chi connectivity index (χ0) is 17.7. The molecule has 0 fully saturated rings. The van der Waals surface area contributed by atoms with Gasteiger partial charge >= 0.3 is 0 Å². The first-order valence-corrected chi connectivity index (χ1v) is 8.04. The van der Waals surface area contributed by atoms with E-state index in [1.54, 1.807) is 24.3 Å². The first kappa shape index (κ1) is 17.9. The fourth-order valence-corrected chi connectivity index (χ4v) is 2.38. The van der Waals surface area contributed by atoms with Gasteiger partial charge in [0.15, 0.2) is 5.78 Å². The summed E-state index contributed by atoms with van der Waals surface area (Å²) in [6, 6.07) is 15.0. The minimum absolute atomic E-state index is 0.0179. The molecule has 2 aromatic carbocycles. The van der Waals surface area contributed by atoms with Crippen LogP contribution in [0.15, 0.2) is 48.5 Å². The third-order valence-corrected chi connectivity index (χ3v) is 4.13. The van der Waals surface area contributed by atoms with E-state index in [4.69, 9.17) is 0 Å². The van der Waals surface area contributed by atoms with Gasteiger partial charge in [-0.3, -0.25) is 14.5 Å². The molecule has 24 heavy (non-hydrogen) atoms. The summed E-state index contributed by atoms with van der Waals surface area (Å²) in [6.07, 6.45) is 0. The molecule has 0 saturated heterocycles. The molecule has 2 rings (SSSR count). The lowest BCUT2D eigenvalue weighted by molar-refractivity contribution is -0.120. The average Bonchev–Trinajstić information content (AvgIpc) is 2.56. The van der Waals surface area contributed by atoms with Gasteiger partial charge in [0.25, 0.3) is 0 Å². The van der Waals surface area contributed by atoms with Crippen molar-refractivity contribution < 1.29 is 9.59 Å². The Morgan fingerprint density at radius 2 is 1.79 bits per heavy atom. The number of amides is 1. The van der Waals surface area contributed by atoms with Crippen LogP contribution in [0.5, 0.6) is 0 Å². The van der Waals surface area contributed by atoms with E-state index in [2.05, 4.69) is 36.5 Å². The lowest BCUT2D eigenvalue weighted by Crippen LogP contribution is -2.39. The number of aryl methyl sites for hydroxylation is 1. The molecule has 2 aromatic rings. The van der Waals surface area contributed by atoms with Crippen molar-refractivity contribution in [3.8, 4) is 0 Å². The predicted octanol–water partition coefficient (Wildman–Crippen LogP) is 3.66. The van der Waals surface area contributed by atoms with Gasteiger partial charge in [0.1, 0.15) is 0 Å². The van der Waals surface area contributed by atoms with Gasteiger partial charge in [-0.15, -0.1) is 0 Å². The molecule has 1 N–H and O–H groups in total. The number of carbonyl (C=O) groups excluding carboxylic acids is 2. The summed E-state index contributed by atoms with van der Waals surface area (Å²) in [4.78, 5) is 25.9. The number of Topliss-reactive ketones (excluding diaryl/α,β-unsaturated/α-hetero) is 1. The average molecular weight is 324 g/mol. The van der Waals surface area contributed by atoms with E-state index >= 15 is 0 Å². The number of ketones is 1. The van der Waals surface area contributed by atoms with Crippen molar-refractivity contribution >= 4 is 17.4 Å². The summed E-state index contributed by atoms with van der Waals surface area (Å²) in [5.74, 6) is -0.110. The third kappa shape index (κ3) is 4.77. The van der Waals surface area contributed by atoms with E-state index in [1.807, 2.05) is 18.9 Å². The Hall–Kier alpha value is -2.46. The number of nitrogens with zero attached hydrogens (tertiary/aromatic N) is 1. The molecule has 0 aliphatic heterocycles. The number of hydrogen-bond acceptors (Lipinski definition) is 3. The molecule has 0 aromatic heterocycles. The molecule has 4 nitrogen and oxygen atoms in total. The van der Waals surface area contributed by atoms with Crippen LogP contribution in [0.25, 0.3) is 0 Å². The Morgan fingerprint density at radius 3 is 2.42 bits per heavy atom. The summed E-state index contributed by atoms with van der Waals surface area (Å²) in [6.45, 7) is 6.14. The molecule has 0 aliphatic rings. The van der Waals surface area contributed by atoms with Crippen molar-refractivity contribution in [1.29, 1.82) is 0 Å². The van der Waals surface area contributed by atoms with Gasteiger partial charge in [-0.2, -0.15) is 0 Å². The van der Waals surface area contributed by atoms with Gasteiger partial charge in [0.05, 0.1) is 6.04 Å². The summed E-state index contributed by atoms with van der Waals surface area (Å²) < 4.78 is 0. The Balaban J connectivity index is 1.99. The quantitative estimate of drug-likeness (QED) is 0.825.